The fraction of sp³-hybridized carbons (Fsp3) is 0.182. The van der Waals surface area contributed by atoms with E-state index in [0.29, 0.717) is 17.4 Å². The van der Waals surface area contributed by atoms with Crippen molar-refractivity contribution < 1.29 is 0 Å². The lowest BCUT2D eigenvalue weighted by molar-refractivity contribution is 0.871. The van der Waals surface area contributed by atoms with Crippen molar-refractivity contribution in [1.29, 1.82) is 0 Å². The van der Waals surface area contributed by atoms with Crippen LogP contribution in [0.5, 0.6) is 0 Å². The maximum Gasteiger partial charge on any atom is 0.234 e. The number of hydrogen-bond donors (Lipinski definition) is 1. The molecule has 92 valence electrons. The van der Waals surface area contributed by atoms with Gasteiger partial charge in [-0.25, -0.2) is 0 Å². The number of aromatic nitrogens is 4. The van der Waals surface area contributed by atoms with Gasteiger partial charge < -0.3 is 5.73 Å². The van der Waals surface area contributed by atoms with E-state index in [1.165, 1.54) is 11.3 Å². The molecule has 2 aromatic heterocycles. The first-order valence-electron chi connectivity index (χ1n) is 5.45. The number of fused-ring (bicyclic) bond motifs is 1. The predicted octanol–water partition coefficient (Wildman–Crippen LogP) is 2.01. The number of benzene rings is 1. The number of nitrogens with zero attached hydrogens (tertiary/aromatic N) is 4. The van der Waals surface area contributed by atoms with Gasteiger partial charge in [-0.15, -0.1) is 10.2 Å². The van der Waals surface area contributed by atoms with Gasteiger partial charge in [-0.3, -0.25) is 0 Å². The fourth-order valence-electron chi connectivity index (χ4n) is 1.69. The predicted molar refractivity (Wildman–Crippen MR) is 71.9 cm³/mol. The molecule has 0 spiro atoms. The molecule has 0 radical (unpaired) electrons. The number of nitrogens with two attached hydrogens (primary N) is 1. The van der Waals surface area contributed by atoms with Crippen LogP contribution in [0.15, 0.2) is 24.3 Å². The van der Waals surface area contributed by atoms with E-state index in [1.54, 1.807) is 4.52 Å². The van der Waals surface area contributed by atoms with E-state index in [0.717, 1.165) is 22.0 Å². The van der Waals surface area contributed by atoms with Crippen LogP contribution in [-0.4, -0.2) is 26.4 Å². The Morgan fingerprint density at radius 2 is 2.11 bits per heavy atom. The molecule has 2 N–H and O–H groups in total. The third-order valence-corrected chi connectivity index (χ3v) is 3.79. The van der Waals surface area contributed by atoms with Crippen LogP contribution in [-0.2, 0) is 6.42 Å². The van der Waals surface area contributed by atoms with Crippen LogP contribution in [0, 0.1) is 0 Å². The Bertz CT molecular complexity index is 690. The molecule has 3 rings (SSSR count). The average molecular weight is 280 g/mol. The standard InChI is InChI=1S/C11H10ClN5S/c12-8-4-2-1-3-7(8)10-14-15-11-17(10)16-9(18-11)5-6-13/h1-4H,5-6,13H2. The summed E-state index contributed by atoms with van der Waals surface area (Å²) in [5, 5.41) is 14.3. The van der Waals surface area contributed by atoms with Gasteiger partial charge in [0.1, 0.15) is 5.01 Å². The molecular formula is C11H10ClN5S. The third-order valence-electron chi connectivity index (χ3n) is 2.51. The average Bonchev–Trinajstić information content (AvgIpc) is 2.90. The van der Waals surface area contributed by atoms with Crippen molar-refractivity contribution in [2.45, 2.75) is 6.42 Å². The summed E-state index contributed by atoms with van der Waals surface area (Å²) in [5.41, 5.74) is 6.35. The summed E-state index contributed by atoms with van der Waals surface area (Å²) in [6.45, 7) is 0.575. The number of halogens is 1. The highest BCUT2D eigenvalue weighted by Gasteiger charge is 2.14. The van der Waals surface area contributed by atoms with Crippen molar-refractivity contribution in [3.05, 3.63) is 34.3 Å². The Morgan fingerprint density at radius 3 is 2.89 bits per heavy atom. The Kier molecular flexibility index (Phi) is 2.99. The minimum atomic E-state index is 0.575. The lowest BCUT2D eigenvalue weighted by atomic mass is 10.2. The highest BCUT2D eigenvalue weighted by atomic mass is 35.5. The Labute approximate surface area is 112 Å². The van der Waals surface area contributed by atoms with Gasteiger partial charge in [0.2, 0.25) is 4.96 Å². The van der Waals surface area contributed by atoms with Crippen molar-refractivity contribution in [3.63, 3.8) is 0 Å². The molecule has 5 nitrogen and oxygen atoms in total. The van der Waals surface area contributed by atoms with Crippen LogP contribution in [0.25, 0.3) is 16.3 Å². The van der Waals surface area contributed by atoms with E-state index in [9.17, 15) is 0 Å². The van der Waals surface area contributed by atoms with Gasteiger partial charge >= 0.3 is 0 Å². The van der Waals surface area contributed by atoms with Gasteiger partial charge in [0.05, 0.1) is 5.02 Å². The molecule has 0 bridgehead atoms. The minimum absolute atomic E-state index is 0.575. The summed E-state index contributed by atoms with van der Waals surface area (Å²) >= 11 is 7.66. The molecule has 0 amide bonds. The molecule has 0 saturated heterocycles. The van der Waals surface area contributed by atoms with Crippen LogP contribution in [0.2, 0.25) is 5.02 Å². The molecule has 0 unspecified atom stereocenters. The molecule has 0 aliphatic heterocycles. The first-order valence-corrected chi connectivity index (χ1v) is 6.65. The monoisotopic (exact) mass is 279 g/mol. The summed E-state index contributed by atoms with van der Waals surface area (Å²) in [6.07, 6.45) is 0.746. The summed E-state index contributed by atoms with van der Waals surface area (Å²) in [5.74, 6) is 0.662. The summed E-state index contributed by atoms with van der Waals surface area (Å²) < 4.78 is 1.72. The highest BCUT2D eigenvalue weighted by molar-refractivity contribution is 7.16. The van der Waals surface area contributed by atoms with Crippen molar-refractivity contribution in [2.24, 2.45) is 5.73 Å². The molecule has 2 heterocycles. The maximum atomic E-state index is 6.16. The van der Waals surface area contributed by atoms with Gasteiger partial charge in [-0.1, -0.05) is 35.1 Å². The minimum Gasteiger partial charge on any atom is -0.330 e. The van der Waals surface area contributed by atoms with E-state index >= 15 is 0 Å². The van der Waals surface area contributed by atoms with Crippen LogP contribution < -0.4 is 5.73 Å². The summed E-state index contributed by atoms with van der Waals surface area (Å²) in [4.78, 5) is 0.758. The Morgan fingerprint density at radius 1 is 1.28 bits per heavy atom. The largest absolute Gasteiger partial charge is 0.330 e. The third kappa shape index (κ3) is 1.88. The first kappa shape index (κ1) is 11.6. The molecular weight excluding hydrogens is 270 g/mol. The lowest BCUT2D eigenvalue weighted by Crippen LogP contribution is -2.03. The van der Waals surface area contributed by atoms with Crippen LogP contribution in [0.3, 0.4) is 0 Å². The second kappa shape index (κ2) is 4.64. The van der Waals surface area contributed by atoms with Gasteiger partial charge in [0.25, 0.3) is 0 Å². The van der Waals surface area contributed by atoms with Gasteiger partial charge in [0.15, 0.2) is 5.82 Å². The molecule has 0 fully saturated rings. The maximum absolute atomic E-state index is 6.16. The molecule has 0 aliphatic rings. The molecule has 0 atom stereocenters. The topological polar surface area (TPSA) is 69.1 Å². The number of hydrogen-bond acceptors (Lipinski definition) is 5. The molecule has 3 aromatic rings. The van der Waals surface area contributed by atoms with E-state index in [-0.39, 0.29) is 0 Å². The molecule has 1 aromatic carbocycles. The van der Waals surface area contributed by atoms with Gasteiger partial charge in [0, 0.05) is 12.0 Å². The summed E-state index contributed by atoms with van der Waals surface area (Å²) in [7, 11) is 0. The van der Waals surface area contributed by atoms with E-state index in [4.69, 9.17) is 17.3 Å². The zero-order chi connectivity index (χ0) is 12.5. The van der Waals surface area contributed by atoms with Gasteiger partial charge in [-0.2, -0.15) is 9.61 Å². The highest BCUT2D eigenvalue weighted by Crippen LogP contribution is 2.27. The number of rotatable bonds is 3. The lowest BCUT2D eigenvalue weighted by Gasteiger charge is -1.99. The second-order valence-corrected chi connectivity index (χ2v) is 5.18. The molecule has 0 saturated carbocycles. The zero-order valence-corrected chi connectivity index (χ0v) is 10.9. The van der Waals surface area contributed by atoms with Crippen molar-refractivity contribution in [2.75, 3.05) is 6.54 Å². The van der Waals surface area contributed by atoms with Crippen LogP contribution in [0.1, 0.15) is 5.01 Å². The SMILES string of the molecule is NCCc1nn2c(-c3ccccc3Cl)nnc2s1. The van der Waals surface area contributed by atoms with E-state index < -0.39 is 0 Å². The molecule has 0 aliphatic carbocycles. The molecule has 18 heavy (non-hydrogen) atoms. The van der Waals surface area contributed by atoms with Crippen molar-refractivity contribution >= 4 is 27.9 Å². The quantitative estimate of drug-likeness (QED) is 0.796. The van der Waals surface area contributed by atoms with Gasteiger partial charge in [-0.05, 0) is 18.7 Å². The smallest absolute Gasteiger partial charge is 0.234 e. The van der Waals surface area contributed by atoms with Crippen LogP contribution >= 0.6 is 22.9 Å². The molecule has 7 heteroatoms. The summed E-state index contributed by atoms with van der Waals surface area (Å²) in [6, 6.07) is 7.52. The van der Waals surface area contributed by atoms with Crippen LogP contribution in [0.4, 0.5) is 0 Å². The normalized spacial score (nSPS) is 11.2. The fourth-order valence-corrected chi connectivity index (χ4v) is 2.76. The Balaban J connectivity index is 2.15. The van der Waals surface area contributed by atoms with Crippen molar-refractivity contribution in [1.82, 2.24) is 19.8 Å². The first-order chi connectivity index (χ1) is 8.79. The van der Waals surface area contributed by atoms with E-state index in [2.05, 4.69) is 15.3 Å². The van der Waals surface area contributed by atoms with E-state index in [1.807, 2.05) is 24.3 Å². The second-order valence-electron chi connectivity index (χ2n) is 3.73. The van der Waals surface area contributed by atoms with Crippen molar-refractivity contribution in [3.8, 4) is 11.4 Å². The Hall–Kier alpha value is -1.50. The zero-order valence-electron chi connectivity index (χ0n) is 9.38.